The van der Waals surface area contributed by atoms with Gasteiger partial charge in [0.15, 0.2) is 0 Å². The predicted molar refractivity (Wildman–Crippen MR) is 59.2 cm³/mol. The molecule has 3 N–H and O–H groups in total. The van der Waals surface area contributed by atoms with Gasteiger partial charge >= 0.3 is 5.97 Å². The standard InChI is InChI=1S/C8H14N4O4S/c1-12(5-3-8(13)14)17(15,16)10-6-7-2-4-9-11-7/h2,4,10H,3,5-6H2,1H3,(H,9,11)(H,13,14). The molecule has 8 nitrogen and oxygen atoms in total. The molecule has 9 heteroatoms. The third-order valence-electron chi connectivity index (χ3n) is 2.05. The topological polar surface area (TPSA) is 115 Å². The Hall–Kier alpha value is -1.45. The molecule has 96 valence electrons. The first-order valence-corrected chi connectivity index (χ1v) is 6.27. The maximum Gasteiger partial charge on any atom is 0.304 e. The summed E-state index contributed by atoms with van der Waals surface area (Å²) in [6, 6.07) is 1.64. The van der Waals surface area contributed by atoms with Crippen molar-refractivity contribution in [2.24, 2.45) is 0 Å². The van der Waals surface area contributed by atoms with Crippen LogP contribution in [-0.4, -0.2) is 47.6 Å². The maximum atomic E-state index is 11.6. The van der Waals surface area contributed by atoms with E-state index < -0.39 is 16.2 Å². The van der Waals surface area contributed by atoms with Crippen molar-refractivity contribution in [2.45, 2.75) is 13.0 Å². The minimum atomic E-state index is -3.66. The van der Waals surface area contributed by atoms with Crippen LogP contribution in [0.15, 0.2) is 12.3 Å². The first-order chi connectivity index (χ1) is 7.92. The predicted octanol–water partition coefficient (Wildman–Crippen LogP) is -0.849. The summed E-state index contributed by atoms with van der Waals surface area (Å²) in [5.74, 6) is -1.04. The number of rotatable bonds is 7. The molecule has 0 aliphatic rings. The van der Waals surface area contributed by atoms with E-state index in [0.29, 0.717) is 5.69 Å². The molecule has 1 heterocycles. The molecule has 17 heavy (non-hydrogen) atoms. The molecule has 0 radical (unpaired) electrons. The third kappa shape index (κ3) is 4.51. The molecule has 1 aromatic rings. The van der Waals surface area contributed by atoms with Gasteiger partial charge in [0.1, 0.15) is 0 Å². The number of carboxylic acids is 1. The van der Waals surface area contributed by atoms with E-state index in [0.717, 1.165) is 4.31 Å². The highest BCUT2D eigenvalue weighted by Crippen LogP contribution is 1.98. The van der Waals surface area contributed by atoms with Gasteiger partial charge in [-0.15, -0.1) is 0 Å². The molecule has 0 fully saturated rings. The number of aliphatic carboxylic acids is 1. The summed E-state index contributed by atoms with van der Waals surface area (Å²) in [6.07, 6.45) is 1.28. The van der Waals surface area contributed by atoms with Crippen LogP contribution in [0.3, 0.4) is 0 Å². The number of H-pyrrole nitrogens is 1. The van der Waals surface area contributed by atoms with Gasteiger partial charge in [0.25, 0.3) is 10.2 Å². The fourth-order valence-electron chi connectivity index (χ4n) is 1.04. The molecule has 0 aliphatic carbocycles. The third-order valence-corrected chi connectivity index (χ3v) is 3.57. The van der Waals surface area contributed by atoms with Crippen LogP contribution in [0.25, 0.3) is 0 Å². The molecule has 0 saturated carbocycles. The molecule has 0 saturated heterocycles. The Labute approximate surface area is 98.8 Å². The van der Waals surface area contributed by atoms with E-state index in [1.807, 2.05) is 0 Å². The monoisotopic (exact) mass is 262 g/mol. The first-order valence-electron chi connectivity index (χ1n) is 4.83. The van der Waals surface area contributed by atoms with Gasteiger partial charge in [0, 0.05) is 19.8 Å². The number of nitrogens with zero attached hydrogens (tertiary/aromatic N) is 2. The average Bonchev–Trinajstić information content (AvgIpc) is 2.75. The maximum absolute atomic E-state index is 11.6. The molecule has 1 rings (SSSR count). The second kappa shape index (κ2) is 5.75. The average molecular weight is 262 g/mol. The van der Waals surface area contributed by atoms with Crippen molar-refractivity contribution in [3.05, 3.63) is 18.0 Å². The lowest BCUT2D eigenvalue weighted by atomic mass is 10.4. The first kappa shape index (κ1) is 13.6. The molecule has 0 spiro atoms. The Kier molecular flexibility index (Phi) is 4.61. The van der Waals surface area contributed by atoms with Crippen LogP contribution in [0.2, 0.25) is 0 Å². The highest BCUT2D eigenvalue weighted by Gasteiger charge is 2.17. The summed E-state index contributed by atoms with van der Waals surface area (Å²) in [7, 11) is -2.34. The van der Waals surface area contributed by atoms with Gasteiger partial charge in [-0.25, -0.2) is 0 Å². The number of carboxylic acid groups (broad SMARTS) is 1. The van der Waals surface area contributed by atoms with Gasteiger partial charge in [-0.05, 0) is 6.07 Å². The summed E-state index contributed by atoms with van der Waals surface area (Å²) >= 11 is 0. The summed E-state index contributed by atoms with van der Waals surface area (Å²) in [4.78, 5) is 10.3. The van der Waals surface area contributed by atoms with Crippen molar-refractivity contribution in [1.29, 1.82) is 0 Å². The SMILES string of the molecule is CN(CCC(=O)O)S(=O)(=O)NCc1ccn[nH]1. The molecule has 0 amide bonds. The van der Waals surface area contributed by atoms with Crippen LogP contribution in [0.5, 0.6) is 0 Å². The van der Waals surface area contributed by atoms with Crippen molar-refractivity contribution in [1.82, 2.24) is 19.2 Å². The Bertz CT molecular complexity index is 456. The van der Waals surface area contributed by atoms with E-state index in [4.69, 9.17) is 5.11 Å². The summed E-state index contributed by atoms with van der Waals surface area (Å²) in [6.45, 7) is 0.00733. The van der Waals surface area contributed by atoms with Gasteiger partial charge in [0.05, 0.1) is 18.7 Å². The van der Waals surface area contributed by atoms with Crippen molar-refractivity contribution >= 4 is 16.2 Å². The van der Waals surface area contributed by atoms with Crippen LogP contribution < -0.4 is 4.72 Å². The highest BCUT2D eigenvalue weighted by molar-refractivity contribution is 7.87. The molecule has 0 atom stereocenters. The van der Waals surface area contributed by atoms with Crippen molar-refractivity contribution in [2.75, 3.05) is 13.6 Å². The molecule has 0 bridgehead atoms. The van der Waals surface area contributed by atoms with E-state index in [9.17, 15) is 13.2 Å². The molecular weight excluding hydrogens is 248 g/mol. The van der Waals surface area contributed by atoms with Crippen molar-refractivity contribution in [3.63, 3.8) is 0 Å². The van der Waals surface area contributed by atoms with Gasteiger partial charge in [0.2, 0.25) is 0 Å². The Morgan fingerprint density at radius 2 is 2.35 bits per heavy atom. The van der Waals surface area contributed by atoms with Crippen LogP contribution in [0, 0.1) is 0 Å². The van der Waals surface area contributed by atoms with E-state index in [1.54, 1.807) is 6.07 Å². The number of hydrogen-bond acceptors (Lipinski definition) is 4. The Morgan fingerprint density at radius 3 is 2.88 bits per heavy atom. The van der Waals surface area contributed by atoms with E-state index in [-0.39, 0.29) is 19.5 Å². The van der Waals surface area contributed by atoms with E-state index in [1.165, 1.54) is 13.2 Å². The van der Waals surface area contributed by atoms with Crippen molar-refractivity contribution < 1.29 is 18.3 Å². The zero-order valence-electron chi connectivity index (χ0n) is 9.25. The van der Waals surface area contributed by atoms with E-state index >= 15 is 0 Å². The summed E-state index contributed by atoms with van der Waals surface area (Å²) < 4.78 is 26.5. The number of carbonyl (C=O) groups is 1. The zero-order chi connectivity index (χ0) is 12.9. The van der Waals surface area contributed by atoms with Crippen LogP contribution in [-0.2, 0) is 21.5 Å². The number of nitrogens with one attached hydrogen (secondary N) is 2. The fourth-order valence-corrected chi connectivity index (χ4v) is 1.93. The quantitative estimate of drug-likeness (QED) is 0.592. The van der Waals surface area contributed by atoms with E-state index in [2.05, 4.69) is 14.9 Å². The number of aromatic nitrogens is 2. The lowest BCUT2D eigenvalue weighted by Crippen LogP contribution is -2.38. The molecule has 0 aromatic carbocycles. The lowest BCUT2D eigenvalue weighted by molar-refractivity contribution is -0.137. The number of aromatic amines is 1. The minimum absolute atomic E-state index is 0.0758. The van der Waals surface area contributed by atoms with Gasteiger partial charge in [-0.1, -0.05) is 0 Å². The van der Waals surface area contributed by atoms with Gasteiger partial charge in [-0.3, -0.25) is 9.89 Å². The zero-order valence-corrected chi connectivity index (χ0v) is 10.1. The van der Waals surface area contributed by atoms with Crippen LogP contribution in [0.1, 0.15) is 12.1 Å². The molecular formula is C8H14N4O4S. The van der Waals surface area contributed by atoms with Crippen molar-refractivity contribution in [3.8, 4) is 0 Å². The van der Waals surface area contributed by atoms with Crippen LogP contribution >= 0.6 is 0 Å². The largest absolute Gasteiger partial charge is 0.481 e. The lowest BCUT2D eigenvalue weighted by Gasteiger charge is -2.16. The molecule has 0 aliphatic heterocycles. The molecule has 1 aromatic heterocycles. The van der Waals surface area contributed by atoms with Gasteiger partial charge in [-0.2, -0.15) is 22.5 Å². The Balaban J connectivity index is 2.47. The Morgan fingerprint density at radius 1 is 1.65 bits per heavy atom. The number of hydrogen-bond donors (Lipinski definition) is 3. The van der Waals surface area contributed by atoms with Crippen LogP contribution in [0.4, 0.5) is 0 Å². The van der Waals surface area contributed by atoms with Gasteiger partial charge < -0.3 is 5.11 Å². The summed E-state index contributed by atoms with van der Waals surface area (Å²) in [5.41, 5.74) is 0.625. The summed E-state index contributed by atoms with van der Waals surface area (Å²) in [5, 5.41) is 14.7. The second-order valence-electron chi connectivity index (χ2n) is 3.37. The minimum Gasteiger partial charge on any atom is -0.481 e. The fraction of sp³-hybridized carbons (Fsp3) is 0.500. The normalized spacial score (nSPS) is 11.9. The smallest absolute Gasteiger partial charge is 0.304 e. The highest BCUT2D eigenvalue weighted by atomic mass is 32.2. The molecule has 0 unspecified atom stereocenters. The second-order valence-corrected chi connectivity index (χ2v) is 5.24.